The van der Waals surface area contributed by atoms with Crippen LogP contribution in [0.4, 0.5) is 0 Å². The number of ether oxygens (including phenoxy) is 5. The summed E-state index contributed by atoms with van der Waals surface area (Å²) in [5, 5.41) is 11.1. The van der Waals surface area contributed by atoms with Gasteiger partial charge in [-0.25, -0.2) is 19.2 Å². The first-order valence-electron chi connectivity index (χ1n) is 13.7. The first-order chi connectivity index (χ1) is 21.4. The van der Waals surface area contributed by atoms with Crippen molar-refractivity contribution in [3.05, 3.63) is 144 Å². The van der Waals surface area contributed by atoms with Crippen molar-refractivity contribution >= 4 is 23.9 Å². The predicted octanol–water partition coefficient (Wildman–Crippen LogP) is 4.24. The molecular formula is C34H28O10. The maximum absolute atomic E-state index is 13.3. The van der Waals surface area contributed by atoms with Gasteiger partial charge in [-0.15, -0.1) is 0 Å². The molecular weight excluding hydrogens is 568 g/mol. The van der Waals surface area contributed by atoms with E-state index in [0.717, 1.165) is 0 Å². The molecule has 1 unspecified atom stereocenters. The molecule has 0 amide bonds. The van der Waals surface area contributed by atoms with Crippen molar-refractivity contribution in [2.75, 3.05) is 6.61 Å². The molecule has 1 saturated heterocycles. The van der Waals surface area contributed by atoms with Gasteiger partial charge in [0.05, 0.1) is 22.3 Å². The molecule has 0 aliphatic carbocycles. The number of aliphatic hydroxyl groups is 1. The van der Waals surface area contributed by atoms with E-state index in [-0.39, 0.29) is 22.3 Å². The van der Waals surface area contributed by atoms with E-state index in [2.05, 4.69) is 0 Å². The van der Waals surface area contributed by atoms with Gasteiger partial charge < -0.3 is 28.8 Å². The third-order valence-electron chi connectivity index (χ3n) is 6.76. The molecule has 1 aliphatic heterocycles. The topological polar surface area (TPSA) is 135 Å². The van der Waals surface area contributed by atoms with E-state index in [1.54, 1.807) is 84.9 Å². The van der Waals surface area contributed by atoms with Crippen LogP contribution in [0.3, 0.4) is 0 Å². The molecule has 224 valence electrons. The monoisotopic (exact) mass is 596 g/mol. The normalized spacial score (nSPS) is 21.0. The zero-order valence-corrected chi connectivity index (χ0v) is 23.3. The van der Waals surface area contributed by atoms with E-state index in [1.165, 1.54) is 36.4 Å². The first kappa shape index (κ1) is 30.1. The summed E-state index contributed by atoms with van der Waals surface area (Å²) in [5.74, 6) is -3.21. The smallest absolute Gasteiger partial charge is 0.338 e. The molecule has 1 aliphatic rings. The van der Waals surface area contributed by atoms with Gasteiger partial charge in [0.25, 0.3) is 0 Å². The number of carbonyl (C=O) groups is 4. The van der Waals surface area contributed by atoms with Gasteiger partial charge in [0.1, 0.15) is 12.7 Å². The minimum atomic E-state index is -1.86. The molecule has 1 N–H and O–H groups in total. The van der Waals surface area contributed by atoms with E-state index >= 15 is 0 Å². The number of rotatable bonds is 9. The lowest BCUT2D eigenvalue weighted by Crippen LogP contribution is -2.62. The number of hydrogen-bond donors (Lipinski definition) is 1. The Kier molecular flexibility index (Phi) is 9.75. The van der Waals surface area contributed by atoms with Crippen LogP contribution in [0.25, 0.3) is 0 Å². The van der Waals surface area contributed by atoms with Gasteiger partial charge in [-0.3, -0.25) is 0 Å². The Morgan fingerprint density at radius 1 is 0.500 bits per heavy atom. The lowest BCUT2D eigenvalue weighted by atomic mass is 9.97. The molecule has 0 aromatic heterocycles. The average Bonchev–Trinajstić information content (AvgIpc) is 3.07. The van der Waals surface area contributed by atoms with Crippen molar-refractivity contribution in [1.82, 2.24) is 0 Å². The molecule has 4 aromatic rings. The third kappa shape index (κ3) is 7.35. The van der Waals surface area contributed by atoms with E-state index in [0.29, 0.717) is 0 Å². The highest BCUT2D eigenvalue weighted by Crippen LogP contribution is 2.30. The Hall–Kier alpha value is -5.32. The summed E-state index contributed by atoms with van der Waals surface area (Å²) >= 11 is 0. The van der Waals surface area contributed by atoms with Crippen molar-refractivity contribution in [3.63, 3.8) is 0 Å². The largest absolute Gasteiger partial charge is 0.459 e. The molecule has 5 rings (SSSR count). The fourth-order valence-corrected chi connectivity index (χ4v) is 4.54. The number of aliphatic hydroxyl groups excluding tert-OH is 1. The summed E-state index contributed by atoms with van der Waals surface area (Å²) in [4.78, 5) is 52.3. The van der Waals surface area contributed by atoms with Gasteiger partial charge in [-0.2, -0.15) is 0 Å². The van der Waals surface area contributed by atoms with Crippen LogP contribution in [0.2, 0.25) is 0 Å². The van der Waals surface area contributed by atoms with Crippen LogP contribution in [0.5, 0.6) is 0 Å². The van der Waals surface area contributed by atoms with E-state index in [4.69, 9.17) is 23.7 Å². The van der Waals surface area contributed by atoms with Crippen molar-refractivity contribution in [2.45, 2.75) is 30.7 Å². The van der Waals surface area contributed by atoms with E-state index in [1.807, 2.05) is 0 Å². The van der Waals surface area contributed by atoms with Crippen LogP contribution in [0, 0.1) is 0 Å². The summed E-state index contributed by atoms with van der Waals surface area (Å²) in [6.45, 7) is -0.504. The first-order valence-corrected chi connectivity index (χ1v) is 13.7. The predicted molar refractivity (Wildman–Crippen MR) is 155 cm³/mol. The Labute approximate surface area is 252 Å². The lowest BCUT2D eigenvalue weighted by Gasteiger charge is -2.42. The fourth-order valence-electron chi connectivity index (χ4n) is 4.54. The number of esters is 4. The molecule has 5 atom stereocenters. The Bertz CT molecular complexity index is 1560. The maximum atomic E-state index is 13.3. The number of carbonyl (C=O) groups excluding carboxylic acids is 4. The molecule has 1 fully saturated rings. The van der Waals surface area contributed by atoms with Gasteiger partial charge in [-0.05, 0) is 48.5 Å². The molecule has 10 nitrogen and oxygen atoms in total. The number of benzene rings is 4. The Morgan fingerprint density at radius 2 is 0.841 bits per heavy atom. The SMILES string of the molecule is O=C(OCC1O[C@H](O)[C@@H](OC(=O)c2ccccc2)[C@@H](OC(=O)c2ccccc2)[C@@H]1OC(=O)c1ccccc1)c1ccccc1. The average molecular weight is 597 g/mol. The highest BCUT2D eigenvalue weighted by molar-refractivity contribution is 5.91. The van der Waals surface area contributed by atoms with Gasteiger partial charge >= 0.3 is 23.9 Å². The molecule has 10 heteroatoms. The quantitative estimate of drug-likeness (QED) is 0.221. The minimum Gasteiger partial charge on any atom is -0.459 e. The molecule has 44 heavy (non-hydrogen) atoms. The molecule has 4 aromatic carbocycles. The minimum absolute atomic E-state index is 0.154. The second kappa shape index (κ2) is 14.2. The summed E-state index contributed by atoms with van der Waals surface area (Å²) in [7, 11) is 0. The van der Waals surface area contributed by atoms with Crippen molar-refractivity contribution in [2.24, 2.45) is 0 Å². The zero-order valence-electron chi connectivity index (χ0n) is 23.3. The van der Waals surface area contributed by atoms with Crippen LogP contribution in [0.1, 0.15) is 41.4 Å². The van der Waals surface area contributed by atoms with Crippen molar-refractivity contribution in [3.8, 4) is 0 Å². The van der Waals surface area contributed by atoms with E-state index < -0.39 is 61.2 Å². The Morgan fingerprint density at radius 3 is 1.25 bits per heavy atom. The standard InChI is InChI=1S/C34H28O10/c35-30(22-13-5-1-6-14-22)40-21-26-27(42-31(36)23-15-7-2-8-16-23)28(43-32(37)24-17-9-3-10-18-24)29(34(39)41-26)44-33(38)25-19-11-4-12-20-25/h1-20,26-29,34,39H,21H2/t26?,27-,28+,29+,34+/m1/s1. The van der Waals surface area contributed by atoms with Gasteiger partial charge in [0.15, 0.2) is 24.6 Å². The summed E-state index contributed by atoms with van der Waals surface area (Å²) in [6.07, 6.45) is -7.89. The second-order valence-corrected chi connectivity index (χ2v) is 9.74. The lowest BCUT2D eigenvalue weighted by molar-refractivity contribution is -0.284. The zero-order chi connectivity index (χ0) is 30.9. The Balaban J connectivity index is 1.48. The summed E-state index contributed by atoms with van der Waals surface area (Å²) in [6, 6.07) is 32.1. The summed E-state index contributed by atoms with van der Waals surface area (Å²) in [5.41, 5.74) is 0.736. The third-order valence-corrected chi connectivity index (χ3v) is 6.76. The number of hydrogen-bond acceptors (Lipinski definition) is 10. The van der Waals surface area contributed by atoms with Crippen molar-refractivity contribution < 1.29 is 48.0 Å². The van der Waals surface area contributed by atoms with Crippen LogP contribution < -0.4 is 0 Å². The summed E-state index contributed by atoms with van der Waals surface area (Å²) < 4.78 is 28.4. The van der Waals surface area contributed by atoms with Crippen LogP contribution in [0.15, 0.2) is 121 Å². The van der Waals surface area contributed by atoms with Crippen LogP contribution >= 0.6 is 0 Å². The molecule has 0 saturated carbocycles. The highest BCUT2D eigenvalue weighted by atomic mass is 16.7. The van der Waals surface area contributed by atoms with E-state index in [9.17, 15) is 24.3 Å². The maximum Gasteiger partial charge on any atom is 0.338 e. The van der Waals surface area contributed by atoms with Gasteiger partial charge in [-0.1, -0.05) is 72.8 Å². The van der Waals surface area contributed by atoms with Crippen LogP contribution in [-0.2, 0) is 23.7 Å². The van der Waals surface area contributed by atoms with Crippen LogP contribution in [-0.4, -0.2) is 66.3 Å². The molecule has 0 radical (unpaired) electrons. The van der Waals surface area contributed by atoms with Gasteiger partial charge in [0.2, 0.25) is 0 Å². The fraction of sp³-hybridized carbons (Fsp3) is 0.176. The molecule has 0 spiro atoms. The van der Waals surface area contributed by atoms with Crippen molar-refractivity contribution in [1.29, 1.82) is 0 Å². The second-order valence-electron chi connectivity index (χ2n) is 9.74. The highest BCUT2D eigenvalue weighted by Gasteiger charge is 2.52. The molecule has 0 bridgehead atoms. The molecule has 1 heterocycles. The van der Waals surface area contributed by atoms with Gasteiger partial charge in [0, 0.05) is 0 Å².